The summed E-state index contributed by atoms with van der Waals surface area (Å²) in [6, 6.07) is 20.5. The first kappa shape index (κ1) is 17.5. The van der Waals surface area contributed by atoms with Crippen LogP contribution in [0.1, 0.15) is 16.7 Å². The summed E-state index contributed by atoms with van der Waals surface area (Å²) in [5.41, 5.74) is 5.54. The number of benzene rings is 2. The minimum Gasteiger partial charge on any atom is -0.361 e. The molecule has 0 atom stereocenters. The lowest BCUT2D eigenvalue weighted by Crippen LogP contribution is -2.30. The van der Waals surface area contributed by atoms with E-state index in [1.807, 2.05) is 42.6 Å². The molecule has 0 saturated carbocycles. The van der Waals surface area contributed by atoms with Gasteiger partial charge in [-0.25, -0.2) is 4.98 Å². The number of pyridine rings is 1. The van der Waals surface area contributed by atoms with E-state index >= 15 is 0 Å². The molecule has 1 aliphatic rings. The van der Waals surface area contributed by atoms with Crippen LogP contribution in [-0.2, 0) is 24.2 Å². The van der Waals surface area contributed by atoms with Crippen molar-refractivity contribution in [3.63, 3.8) is 0 Å². The lowest BCUT2D eigenvalue weighted by atomic mass is 10.00. The quantitative estimate of drug-likeness (QED) is 0.553. The van der Waals surface area contributed by atoms with E-state index in [1.54, 1.807) is 6.20 Å². The first-order valence-corrected chi connectivity index (χ1v) is 9.89. The smallest absolute Gasteiger partial charge is 0.228 e. The summed E-state index contributed by atoms with van der Waals surface area (Å²) in [5.74, 6) is 0.894. The van der Waals surface area contributed by atoms with Crippen LogP contribution in [0, 0.1) is 0 Å². The minimum absolute atomic E-state index is 0.0452. The minimum atomic E-state index is -0.0452. The van der Waals surface area contributed by atoms with Crippen LogP contribution < -0.4 is 10.2 Å². The van der Waals surface area contributed by atoms with Crippen LogP contribution in [0.2, 0.25) is 0 Å². The molecule has 0 bridgehead atoms. The summed E-state index contributed by atoms with van der Waals surface area (Å²) in [7, 11) is 0. The Bertz CT molecular complexity index is 1160. The van der Waals surface area contributed by atoms with Gasteiger partial charge in [-0.15, -0.1) is 0 Å². The van der Waals surface area contributed by atoms with Crippen LogP contribution in [0.3, 0.4) is 0 Å². The van der Waals surface area contributed by atoms with Crippen molar-refractivity contribution < 1.29 is 4.79 Å². The molecule has 0 spiro atoms. The number of rotatable bonds is 4. The van der Waals surface area contributed by atoms with Crippen LogP contribution in [-0.4, -0.2) is 22.4 Å². The van der Waals surface area contributed by atoms with Crippen molar-refractivity contribution in [1.29, 1.82) is 0 Å². The molecule has 1 aliphatic heterocycles. The van der Waals surface area contributed by atoms with Gasteiger partial charge in [0.25, 0.3) is 0 Å². The van der Waals surface area contributed by atoms with Crippen molar-refractivity contribution >= 4 is 28.3 Å². The highest BCUT2D eigenvalue weighted by atomic mass is 16.1. The normalized spacial score (nSPS) is 13.3. The van der Waals surface area contributed by atoms with Gasteiger partial charge in [0.15, 0.2) is 0 Å². The van der Waals surface area contributed by atoms with Crippen LogP contribution in [0.25, 0.3) is 10.9 Å². The third-order valence-electron chi connectivity index (χ3n) is 5.51. The Morgan fingerprint density at radius 2 is 1.86 bits per heavy atom. The van der Waals surface area contributed by atoms with Crippen LogP contribution in [0.15, 0.2) is 73.1 Å². The van der Waals surface area contributed by atoms with E-state index < -0.39 is 0 Å². The molecule has 0 unspecified atom stereocenters. The predicted octanol–water partition coefficient (Wildman–Crippen LogP) is 4.31. The number of nitrogens with one attached hydrogen (secondary N) is 2. The second kappa shape index (κ2) is 7.43. The van der Waals surface area contributed by atoms with Crippen molar-refractivity contribution in [2.45, 2.75) is 19.4 Å². The van der Waals surface area contributed by atoms with E-state index in [2.05, 4.69) is 44.5 Å². The van der Waals surface area contributed by atoms with Gasteiger partial charge in [0.05, 0.1) is 18.3 Å². The van der Waals surface area contributed by atoms with E-state index in [4.69, 9.17) is 0 Å². The fraction of sp³-hybridized carbons (Fsp3) is 0.167. The molecule has 0 aliphatic carbocycles. The highest BCUT2D eigenvalue weighted by Gasteiger charge is 2.17. The molecule has 2 N–H and O–H groups in total. The Labute approximate surface area is 169 Å². The van der Waals surface area contributed by atoms with E-state index in [1.165, 1.54) is 11.1 Å². The van der Waals surface area contributed by atoms with E-state index in [0.29, 0.717) is 6.42 Å². The number of aromatic nitrogens is 2. The number of aromatic amines is 1. The zero-order valence-corrected chi connectivity index (χ0v) is 16.1. The van der Waals surface area contributed by atoms with Gasteiger partial charge in [-0.05, 0) is 41.3 Å². The molecule has 2 aromatic heterocycles. The number of amides is 1. The summed E-state index contributed by atoms with van der Waals surface area (Å²) >= 11 is 0. The third kappa shape index (κ3) is 3.59. The summed E-state index contributed by atoms with van der Waals surface area (Å²) in [4.78, 5) is 22.6. The highest BCUT2D eigenvalue weighted by molar-refractivity contribution is 5.95. The second-order valence-electron chi connectivity index (χ2n) is 7.43. The molecule has 4 aromatic rings. The van der Waals surface area contributed by atoms with Gasteiger partial charge in [-0.3, -0.25) is 4.79 Å². The van der Waals surface area contributed by atoms with Gasteiger partial charge in [-0.1, -0.05) is 42.5 Å². The Morgan fingerprint density at radius 3 is 2.72 bits per heavy atom. The number of carbonyl (C=O) groups excluding carboxylic acids is 1. The third-order valence-corrected chi connectivity index (χ3v) is 5.51. The number of hydrogen-bond acceptors (Lipinski definition) is 3. The van der Waals surface area contributed by atoms with Gasteiger partial charge in [0.1, 0.15) is 5.82 Å². The summed E-state index contributed by atoms with van der Waals surface area (Å²) in [6.07, 6.45) is 5.00. The summed E-state index contributed by atoms with van der Waals surface area (Å²) in [6.45, 7) is 1.83. The summed E-state index contributed by atoms with van der Waals surface area (Å²) in [5, 5.41) is 4.04. The summed E-state index contributed by atoms with van der Waals surface area (Å²) < 4.78 is 0. The molecular formula is C24H22N4O. The molecule has 29 heavy (non-hydrogen) atoms. The maximum absolute atomic E-state index is 12.5. The molecule has 5 heteroatoms. The zero-order chi connectivity index (χ0) is 19.6. The first-order chi connectivity index (χ1) is 14.3. The molecule has 5 nitrogen and oxygen atoms in total. The fourth-order valence-electron chi connectivity index (χ4n) is 3.99. The molecule has 5 rings (SSSR count). The average Bonchev–Trinajstić information content (AvgIpc) is 3.17. The molecule has 2 aromatic carbocycles. The van der Waals surface area contributed by atoms with Gasteiger partial charge >= 0.3 is 0 Å². The lowest BCUT2D eigenvalue weighted by molar-refractivity contribution is -0.115. The zero-order valence-electron chi connectivity index (χ0n) is 16.1. The Morgan fingerprint density at radius 1 is 1.03 bits per heavy atom. The second-order valence-corrected chi connectivity index (χ2v) is 7.43. The number of H-pyrrole nitrogens is 1. The van der Waals surface area contributed by atoms with Crippen molar-refractivity contribution in [3.05, 3.63) is 89.7 Å². The molecule has 3 heterocycles. The largest absolute Gasteiger partial charge is 0.361 e. The van der Waals surface area contributed by atoms with E-state index in [9.17, 15) is 4.79 Å². The van der Waals surface area contributed by atoms with Gasteiger partial charge in [0.2, 0.25) is 5.91 Å². The monoisotopic (exact) mass is 382 g/mol. The molecular weight excluding hydrogens is 360 g/mol. The number of fused-ring (bicyclic) bond motifs is 2. The SMILES string of the molecule is O=C(Cc1c[nH]c2ccccc12)Nc1ccc(N2CCc3ccccc3C2)nc1. The molecule has 144 valence electrons. The number of anilines is 2. The van der Waals surface area contributed by atoms with Crippen molar-refractivity contribution in [3.8, 4) is 0 Å². The van der Waals surface area contributed by atoms with Crippen LogP contribution >= 0.6 is 0 Å². The molecule has 0 fully saturated rings. The maximum atomic E-state index is 12.5. The van der Waals surface area contributed by atoms with Crippen LogP contribution in [0.4, 0.5) is 11.5 Å². The van der Waals surface area contributed by atoms with Crippen molar-refractivity contribution in [2.24, 2.45) is 0 Å². The molecule has 0 radical (unpaired) electrons. The van der Waals surface area contributed by atoms with E-state index in [0.717, 1.165) is 47.5 Å². The molecule has 1 amide bonds. The van der Waals surface area contributed by atoms with Gasteiger partial charge in [0, 0.05) is 30.2 Å². The van der Waals surface area contributed by atoms with Crippen molar-refractivity contribution in [2.75, 3.05) is 16.8 Å². The molecule has 0 saturated heterocycles. The maximum Gasteiger partial charge on any atom is 0.228 e. The topological polar surface area (TPSA) is 61.0 Å². The Kier molecular flexibility index (Phi) is 4.48. The number of carbonyl (C=O) groups is 1. The number of nitrogens with zero attached hydrogens (tertiary/aromatic N) is 2. The average molecular weight is 382 g/mol. The lowest BCUT2D eigenvalue weighted by Gasteiger charge is -2.29. The number of para-hydroxylation sites is 1. The Hall–Kier alpha value is -3.60. The van der Waals surface area contributed by atoms with E-state index in [-0.39, 0.29) is 5.91 Å². The fourth-order valence-corrected chi connectivity index (χ4v) is 3.99. The highest BCUT2D eigenvalue weighted by Crippen LogP contribution is 2.24. The van der Waals surface area contributed by atoms with Gasteiger partial charge in [-0.2, -0.15) is 0 Å². The predicted molar refractivity (Wildman–Crippen MR) is 116 cm³/mol. The van der Waals surface area contributed by atoms with Gasteiger partial charge < -0.3 is 15.2 Å². The Balaban J connectivity index is 1.24. The standard InChI is InChI=1S/C24H22N4O/c29-24(13-19-14-25-22-8-4-3-7-21(19)22)27-20-9-10-23(26-15-20)28-12-11-17-5-1-2-6-18(17)16-28/h1-10,14-15,25H,11-13,16H2,(H,27,29). The van der Waals surface area contributed by atoms with Crippen LogP contribution in [0.5, 0.6) is 0 Å². The first-order valence-electron chi connectivity index (χ1n) is 9.89. The number of hydrogen-bond donors (Lipinski definition) is 2. The van der Waals surface area contributed by atoms with Crippen molar-refractivity contribution in [1.82, 2.24) is 9.97 Å².